The van der Waals surface area contributed by atoms with Crippen LogP contribution >= 0.6 is 11.6 Å². The average molecular weight is 410 g/mol. The van der Waals surface area contributed by atoms with Crippen LogP contribution in [0, 0.1) is 0 Å². The van der Waals surface area contributed by atoms with E-state index in [1.54, 1.807) is 49.6 Å². The van der Waals surface area contributed by atoms with Crippen molar-refractivity contribution >= 4 is 33.0 Å². The molecule has 146 valence electrons. The van der Waals surface area contributed by atoms with E-state index in [4.69, 9.17) is 16.3 Å². The van der Waals surface area contributed by atoms with Crippen molar-refractivity contribution in [2.24, 2.45) is 0 Å². The quantitative estimate of drug-likeness (QED) is 0.760. The van der Waals surface area contributed by atoms with E-state index in [-0.39, 0.29) is 4.90 Å². The highest BCUT2D eigenvalue weighted by Gasteiger charge is 2.25. The SMILES string of the molecule is COc1ccc(S(=O)(=O)N(C)c2cccc(Cl)c2)cc1N1CCN(C)CC1. The van der Waals surface area contributed by atoms with Crippen molar-refractivity contribution in [3.05, 3.63) is 47.5 Å². The van der Waals surface area contributed by atoms with E-state index in [9.17, 15) is 8.42 Å². The molecule has 0 N–H and O–H groups in total. The molecule has 0 bridgehead atoms. The Morgan fingerprint density at radius 3 is 2.41 bits per heavy atom. The van der Waals surface area contributed by atoms with Gasteiger partial charge in [0.1, 0.15) is 5.75 Å². The van der Waals surface area contributed by atoms with E-state index in [1.165, 1.54) is 11.4 Å². The van der Waals surface area contributed by atoms with Crippen LogP contribution in [0.3, 0.4) is 0 Å². The molecule has 0 unspecified atom stereocenters. The van der Waals surface area contributed by atoms with Crippen molar-refractivity contribution in [3.63, 3.8) is 0 Å². The number of hydrogen-bond donors (Lipinski definition) is 0. The van der Waals surface area contributed by atoms with Crippen molar-refractivity contribution in [1.29, 1.82) is 0 Å². The maximum atomic E-state index is 13.1. The Balaban J connectivity index is 1.97. The van der Waals surface area contributed by atoms with Crippen LogP contribution in [-0.2, 0) is 10.0 Å². The lowest BCUT2D eigenvalue weighted by Crippen LogP contribution is -2.44. The van der Waals surface area contributed by atoms with Crippen LogP contribution in [0.1, 0.15) is 0 Å². The summed E-state index contributed by atoms with van der Waals surface area (Å²) in [6, 6.07) is 11.8. The van der Waals surface area contributed by atoms with E-state index >= 15 is 0 Å². The first-order chi connectivity index (χ1) is 12.8. The van der Waals surface area contributed by atoms with Crippen molar-refractivity contribution in [2.45, 2.75) is 4.90 Å². The second kappa shape index (κ2) is 7.96. The maximum Gasteiger partial charge on any atom is 0.264 e. The Morgan fingerprint density at radius 2 is 1.78 bits per heavy atom. The predicted molar refractivity (Wildman–Crippen MR) is 110 cm³/mol. The second-order valence-electron chi connectivity index (χ2n) is 6.58. The van der Waals surface area contributed by atoms with Crippen LogP contribution in [0.4, 0.5) is 11.4 Å². The minimum atomic E-state index is -3.72. The molecule has 1 heterocycles. The monoisotopic (exact) mass is 409 g/mol. The summed E-state index contributed by atoms with van der Waals surface area (Å²) in [5, 5.41) is 0.488. The number of nitrogens with zero attached hydrogens (tertiary/aromatic N) is 3. The van der Waals surface area contributed by atoms with Gasteiger partial charge in [-0.25, -0.2) is 8.42 Å². The Hall–Kier alpha value is -1.96. The van der Waals surface area contributed by atoms with Crippen LogP contribution in [0.25, 0.3) is 0 Å². The third kappa shape index (κ3) is 4.15. The van der Waals surface area contributed by atoms with Crippen LogP contribution in [-0.4, -0.2) is 60.7 Å². The van der Waals surface area contributed by atoms with Gasteiger partial charge in [-0.3, -0.25) is 4.31 Å². The van der Waals surface area contributed by atoms with Gasteiger partial charge in [0.05, 0.1) is 23.4 Å². The number of rotatable bonds is 5. The first kappa shape index (κ1) is 19.8. The van der Waals surface area contributed by atoms with Crippen LogP contribution in [0.15, 0.2) is 47.4 Å². The Kier molecular flexibility index (Phi) is 5.83. The lowest BCUT2D eigenvalue weighted by molar-refractivity contribution is 0.311. The fraction of sp³-hybridized carbons (Fsp3) is 0.368. The maximum absolute atomic E-state index is 13.1. The standard InChI is InChI=1S/C19H24ClN3O3S/c1-21-9-11-23(12-10-21)18-14-17(7-8-19(18)26-3)27(24,25)22(2)16-6-4-5-15(20)13-16/h4-8,13-14H,9-12H2,1-3H3. The molecule has 3 rings (SSSR count). The van der Waals surface area contributed by atoms with Gasteiger partial charge in [-0.2, -0.15) is 0 Å². The second-order valence-corrected chi connectivity index (χ2v) is 8.98. The molecular formula is C19H24ClN3O3S. The molecule has 0 aromatic heterocycles. The molecule has 1 aliphatic heterocycles. The molecule has 6 nitrogen and oxygen atoms in total. The number of ether oxygens (including phenoxy) is 1. The van der Waals surface area contributed by atoms with Gasteiger partial charge < -0.3 is 14.5 Å². The lowest BCUT2D eigenvalue weighted by Gasteiger charge is -2.35. The topological polar surface area (TPSA) is 53.1 Å². The van der Waals surface area contributed by atoms with Gasteiger partial charge in [0.15, 0.2) is 0 Å². The lowest BCUT2D eigenvalue weighted by atomic mass is 10.2. The summed E-state index contributed by atoms with van der Waals surface area (Å²) in [5.74, 6) is 0.670. The van der Waals surface area contributed by atoms with Crippen molar-refractivity contribution < 1.29 is 13.2 Å². The van der Waals surface area contributed by atoms with E-state index in [0.29, 0.717) is 16.5 Å². The molecule has 0 aliphatic carbocycles. The molecule has 1 fully saturated rings. The number of methoxy groups -OCH3 is 1. The van der Waals surface area contributed by atoms with Gasteiger partial charge >= 0.3 is 0 Å². The van der Waals surface area contributed by atoms with Crippen LogP contribution < -0.4 is 13.9 Å². The molecule has 2 aromatic carbocycles. The largest absolute Gasteiger partial charge is 0.495 e. The zero-order chi connectivity index (χ0) is 19.6. The minimum absolute atomic E-state index is 0.222. The number of piperazine rings is 1. The van der Waals surface area contributed by atoms with Crippen LogP contribution in [0.2, 0.25) is 5.02 Å². The van der Waals surface area contributed by atoms with Gasteiger partial charge in [-0.1, -0.05) is 17.7 Å². The fourth-order valence-electron chi connectivity index (χ4n) is 3.09. The summed E-state index contributed by atoms with van der Waals surface area (Å²) in [7, 11) is 1.48. The summed E-state index contributed by atoms with van der Waals surface area (Å²) in [6.45, 7) is 3.48. The molecule has 8 heteroatoms. The zero-order valence-electron chi connectivity index (χ0n) is 15.7. The molecule has 1 saturated heterocycles. The highest BCUT2D eigenvalue weighted by molar-refractivity contribution is 7.92. The first-order valence-electron chi connectivity index (χ1n) is 8.69. The molecule has 2 aromatic rings. The molecule has 0 radical (unpaired) electrons. The number of sulfonamides is 1. The summed E-state index contributed by atoms with van der Waals surface area (Å²) in [6.07, 6.45) is 0. The predicted octanol–water partition coefficient (Wildman–Crippen LogP) is 2.93. The molecule has 0 amide bonds. The Bertz CT molecular complexity index is 912. The number of anilines is 2. The normalized spacial score (nSPS) is 15.6. The Morgan fingerprint density at radius 1 is 1.07 bits per heavy atom. The third-order valence-electron chi connectivity index (χ3n) is 4.82. The van der Waals surface area contributed by atoms with Gasteiger partial charge in [0.2, 0.25) is 0 Å². The summed E-state index contributed by atoms with van der Waals surface area (Å²) >= 11 is 6.01. The van der Waals surface area contributed by atoms with Gasteiger partial charge in [-0.05, 0) is 43.4 Å². The first-order valence-corrected chi connectivity index (χ1v) is 10.5. The molecule has 0 spiro atoms. The summed E-state index contributed by atoms with van der Waals surface area (Å²) in [4.78, 5) is 4.63. The molecule has 0 saturated carbocycles. The molecule has 1 aliphatic rings. The smallest absolute Gasteiger partial charge is 0.264 e. The highest BCUT2D eigenvalue weighted by atomic mass is 35.5. The van der Waals surface area contributed by atoms with E-state index in [1.807, 2.05) is 0 Å². The number of hydrogen-bond acceptors (Lipinski definition) is 5. The molecule has 27 heavy (non-hydrogen) atoms. The molecular weight excluding hydrogens is 386 g/mol. The van der Waals surface area contributed by atoms with E-state index in [2.05, 4.69) is 16.8 Å². The fourth-order valence-corrected chi connectivity index (χ4v) is 4.49. The number of likely N-dealkylation sites (N-methyl/N-ethyl adjacent to an activating group) is 1. The van der Waals surface area contributed by atoms with E-state index in [0.717, 1.165) is 31.9 Å². The summed E-state index contributed by atoms with van der Waals surface area (Å²) in [5.41, 5.74) is 1.31. The number of benzene rings is 2. The molecule has 0 atom stereocenters. The van der Waals surface area contributed by atoms with E-state index < -0.39 is 10.0 Å². The van der Waals surface area contributed by atoms with Crippen LogP contribution in [0.5, 0.6) is 5.75 Å². The number of halogens is 1. The van der Waals surface area contributed by atoms with Gasteiger partial charge in [-0.15, -0.1) is 0 Å². The Labute approximate surface area is 165 Å². The van der Waals surface area contributed by atoms with Crippen molar-refractivity contribution in [1.82, 2.24) is 4.90 Å². The van der Waals surface area contributed by atoms with Crippen molar-refractivity contribution in [3.8, 4) is 5.75 Å². The third-order valence-corrected chi connectivity index (χ3v) is 6.84. The van der Waals surface area contributed by atoms with Crippen molar-refractivity contribution in [2.75, 3.05) is 56.6 Å². The minimum Gasteiger partial charge on any atom is -0.495 e. The average Bonchev–Trinajstić information content (AvgIpc) is 2.67. The van der Waals surface area contributed by atoms with Gasteiger partial charge in [0.25, 0.3) is 10.0 Å². The zero-order valence-corrected chi connectivity index (χ0v) is 17.3. The highest BCUT2D eigenvalue weighted by Crippen LogP contribution is 2.33. The van der Waals surface area contributed by atoms with Gasteiger partial charge in [0, 0.05) is 38.2 Å². The summed E-state index contributed by atoms with van der Waals surface area (Å²) < 4.78 is 33.0.